The van der Waals surface area contributed by atoms with Crippen molar-refractivity contribution in [2.45, 2.75) is 44.2 Å². The Bertz CT molecular complexity index is 1180. The quantitative estimate of drug-likeness (QED) is 0.418. The molecule has 5 heteroatoms. The van der Waals surface area contributed by atoms with Crippen molar-refractivity contribution in [1.82, 2.24) is 4.98 Å². The minimum Gasteiger partial charge on any atom is -0.390 e. The minimum atomic E-state index is -0.661. The molecular formula is C28H31N3OS. The fourth-order valence-corrected chi connectivity index (χ4v) is 6.13. The number of benzene rings is 2. The zero-order valence-electron chi connectivity index (χ0n) is 19.2. The Morgan fingerprint density at radius 3 is 2.48 bits per heavy atom. The Balaban J connectivity index is 1.42. The standard InChI is InChI=1S/C28H31N3OS/c1-19-7-6-8-20(15-19)16-30-26-31-24(25(33-26)22-9-4-3-5-10-22)21-11-13-23(14-12-21)28(29)17-27(2,32)18-28/h3-7,9-15,20,32H,8,16-18,29H2,1-2H3,(H,30,31). The average molecular weight is 458 g/mol. The normalized spacial score (nSPS) is 26.5. The van der Waals surface area contributed by atoms with Crippen LogP contribution in [0.3, 0.4) is 0 Å². The molecule has 170 valence electrons. The molecule has 2 aliphatic carbocycles. The van der Waals surface area contributed by atoms with E-state index in [1.54, 1.807) is 11.3 Å². The molecule has 4 nitrogen and oxygen atoms in total. The fraction of sp³-hybridized carbons (Fsp3) is 0.321. The van der Waals surface area contributed by atoms with Gasteiger partial charge in [-0.2, -0.15) is 0 Å². The van der Waals surface area contributed by atoms with Crippen molar-refractivity contribution in [2.24, 2.45) is 11.7 Å². The molecule has 1 atom stereocenters. The highest BCUT2D eigenvalue weighted by Crippen LogP contribution is 2.47. The molecule has 1 unspecified atom stereocenters. The summed E-state index contributed by atoms with van der Waals surface area (Å²) in [6.45, 7) is 4.87. The highest BCUT2D eigenvalue weighted by molar-refractivity contribution is 7.19. The molecule has 5 rings (SSSR count). The van der Waals surface area contributed by atoms with Crippen molar-refractivity contribution in [3.63, 3.8) is 0 Å². The summed E-state index contributed by atoms with van der Waals surface area (Å²) in [6, 6.07) is 18.9. The number of nitrogens with one attached hydrogen (secondary N) is 1. The summed E-state index contributed by atoms with van der Waals surface area (Å²) in [5.74, 6) is 0.488. The molecule has 1 fully saturated rings. The molecule has 0 bridgehead atoms. The highest BCUT2D eigenvalue weighted by atomic mass is 32.1. The molecule has 33 heavy (non-hydrogen) atoms. The second-order valence-corrected chi connectivity index (χ2v) is 10.8. The summed E-state index contributed by atoms with van der Waals surface area (Å²) < 4.78 is 0. The monoisotopic (exact) mass is 457 g/mol. The van der Waals surface area contributed by atoms with Gasteiger partial charge in [-0.1, -0.05) is 89.7 Å². The van der Waals surface area contributed by atoms with E-state index in [2.05, 4.69) is 79.0 Å². The number of nitrogens with two attached hydrogens (primary N) is 1. The van der Waals surface area contributed by atoms with Crippen LogP contribution in [0.1, 0.15) is 38.7 Å². The second-order valence-electron chi connectivity index (χ2n) is 9.84. The van der Waals surface area contributed by atoms with Crippen LogP contribution in [0.25, 0.3) is 21.7 Å². The Kier molecular flexibility index (Phi) is 5.73. The molecular weight excluding hydrogens is 426 g/mol. The molecule has 0 amide bonds. The lowest BCUT2D eigenvalue weighted by molar-refractivity contribution is -0.0738. The van der Waals surface area contributed by atoms with Gasteiger partial charge in [0.05, 0.1) is 16.2 Å². The minimum absolute atomic E-state index is 0.445. The van der Waals surface area contributed by atoms with Gasteiger partial charge in [-0.25, -0.2) is 4.98 Å². The lowest BCUT2D eigenvalue weighted by Crippen LogP contribution is -2.58. The van der Waals surface area contributed by atoms with E-state index in [0.717, 1.165) is 39.8 Å². The summed E-state index contributed by atoms with van der Waals surface area (Å²) in [7, 11) is 0. The Morgan fingerprint density at radius 2 is 1.82 bits per heavy atom. The molecule has 4 N–H and O–H groups in total. The third-order valence-electron chi connectivity index (χ3n) is 6.62. The van der Waals surface area contributed by atoms with Crippen LogP contribution in [0.5, 0.6) is 0 Å². The predicted octanol–water partition coefficient (Wildman–Crippen LogP) is 6.11. The van der Waals surface area contributed by atoms with Crippen molar-refractivity contribution in [3.8, 4) is 21.7 Å². The average Bonchev–Trinajstić information content (AvgIpc) is 3.21. The maximum atomic E-state index is 10.2. The van der Waals surface area contributed by atoms with E-state index in [0.29, 0.717) is 18.8 Å². The number of hydrogen-bond acceptors (Lipinski definition) is 5. The summed E-state index contributed by atoms with van der Waals surface area (Å²) in [4.78, 5) is 6.17. The van der Waals surface area contributed by atoms with Crippen LogP contribution in [-0.4, -0.2) is 22.2 Å². The summed E-state index contributed by atoms with van der Waals surface area (Å²) >= 11 is 1.70. The van der Waals surface area contributed by atoms with Crippen LogP contribution in [0.15, 0.2) is 78.4 Å². The molecule has 3 aromatic rings. The number of nitrogens with zero attached hydrogens (tertiary/aromatic N) is 1. The molecule has 1 aromatic heterocycles. The van der Waals surface area contributed by atoms with Gasteiger partial charge in [0.2, 0.25) is 0 Å². The van der Waals surface area contributed by atoms with Crippen LogP contribution in [-0.2, 0) is 5.54 Å². The van der Waals surface area contributed by atoms with E-state index in [1.807, 2.05) is 13.0 Å². The summed E-state index contributed by atoms with van der Waals surface area (Å²) in [6.07, 6.45) is 9.00. The molecule has 0 spiro atoms. The van der Waals surface area contributed by atoms with Gasteiger partial charge < -0.3 is 16.2 Å². The van der Waals surface area contributed by atoms with Gasteiger partial charge in [0.25, 0.3) is 0 Å². The molecule has 2 aliphatic rings. The summed E-state index contributed by atoms with van der Waals surface area (Å²) in [5, 5.41) is 14.7. The number of anilines is 1. The first-order valence-corrected chi connectivity index (χ1v) is 12.4. The van der Waals surface area contributed by atoms with Gasteiger partial charge in [0.15, 0.2) is 5.13 Å². The lowest BCUT2D eigenvalue weighted by atomic mass is 9.63. The number of thiazole rings is 1. The largest absolute Gasteiger partial charge is 0.390 e. The Morgan fingerprint density at radius 1 is 1.09 bits per heavy atom. The van der Waals surface area contributed by atoms with Gasteiger partial charge in [-0.15, -0.1) is 0 Å². The first-order valence-electron chi connectivity index (χ1n) is 11.6. The first-order chi connectivity index (χ1) is 15.8. The number of hydrogen-bond donors (Lipinski definition) is 3. The number of allylic oxidation sites excluding steroid dienone is 3. The van der Waals surface area contributed by atoms with Gasteiger partial charge in [-0.3, -0.25) is 0 Å². The maximum Gasteiger partial charge on any atom is 0.183 e. The van der Waals surface area contributed by atoms with Crippen LogP contribution >= 0.6 is 11.3 Å². The zero-order valence-corrected chi connectivity index (χ0v) is 20.0. The fourth-order valence-electron chi connectivity index (χ4n) is 5.13. The predicted molar refractivity (Wildman–Crippen MR) is 138 cm³/mol. The van der Waals surface area contributed by atoms with Gasteiger partial charge >= 0.3 is 0 Å². The topological polar surface area (TPSA) is 71.2 Å². The van der Waals surface area contributed by atoms with Crippen LogP contribution < -0.4 is 11.1 Å². The van der Waals surface area contributed by atoms with Crippen molar-refractivity contribution >= 4 is 16.5 Å². The van der Waals surface area contributed by atoms with Crippen molar-refractivity contribution in [3.05, 3.63) is 84.0 Å². The van der Waals surface area contributed by atoms with Crippen LogP contribution in [0.4, 0.5) is 5.13 Å². The second kappa shape index (κ2) is 8.56. The SMILES string of the molecule is CC1=CC(CNc2nc(-c3ccc(C4(N)CC(C)(O)C4)cc3)c(-c3ccccc3)s2)CC=C1. The van der Waals surface area contributed by atoms with Gasteiger partial charge in [-0.05, 0) is 50.2 Å². The highest BCUT2D eigenvalue weighted by Gasteiger charge is 2.49. The molecule has 1 saturated carbocycles. The zero-order chi connectivity index (χ0) is 23.1. The molecule has 1 heterocycles. The third kappa shape index (κ3) is 4.67. The van der Waals surface area contributed by atoms with Crippen molar-refractivity contribution in [2.75, 3.05) is 11.9 Å². The number of rotatable bonds is 6. The summed E-state index contributed by atoms with van der Waals surface area (Å²) in [5.41, 5.74) is 11.1. The molecule has 0 aliphatic heterocycles. The Hall–Kier alpha value is -2.73. The van der Waals surface area contributed by atoms with Crippen molar-refractivity contribution < 1.29 is 5.11 Å². The van der Waals surface area contributed by atoms with E-state index < -0.39 is 11.1 Å². The third-order valence-corrected chi connectivity index (χ3v) is 7.68. The maximum absolute atomic E-state index is 10.2. The molecule has 0 saturated heterocycles. The van der Waals surface area contributed by atoms with Crippen molar-refractivity contribution in [1.29, 1.82) is 0 Å². The Labute approximate surface area is 199 Å². The molecule has 0 radical (unpaired) electrons. The van der Waals surface area contributed by atoms with E-state index in [9.17, 15) is 5.11 Å². The van der Waals surface area contributed by atoms with Gasteiger partial charge in [0, 0.05) is 17.6 Å². The van der Waals surface area contributed by atoms with E-state index in [1.165, 1.54) is 11.1 Å². The lowest BCUT2D eigenvalue weighted by Gasteiger charge is -2.49. The van der Waals surface area contributed by atoms with E-state index >= 15 is 0 Å². The van der Waals surface area contributed by atoms with Crippen LogP contribution in [0.2, 0.25) is 0 Å². The first kappa shape index (κ1) is 22.1. The smallest absolute Gasteiger partial charge is 0.183 e. The van der Waals surface area contributed by atoms with Crippen LogP contribution in [0, 0.1) is 5.92 Å². The van der Waals surface area contributed by atoms with E-state index in [4.69, 9.17) is 10.7 Å². The number of aromatic nitrogens is 1. The van der Waals surface area contributed by atoms with E-state index in [-0.39, 0.29) is 0 Å². The van der Waals surface area contributed by atoms with Gasteiger partial charge in [0.1, 0.15) is 0 Å². The number of aliphatic hydroxyl groups is 1. The molecule has 2 aromatic carbocycles.